The number of fused-ring (bicyclic) bond motifs is 1. The number of hydrogen-bond acceptors (Lipinski definition) is 1. The van der Waals surface area contributed by atoms with Gasteiger partial charge in [-0.05, 0) is 48.0 Å². The Hall–Kier alpha value is -0.460. The summed E-state index contributed by atoms with van der Waals surface area (Å²) in [6.07, 6.45) is 4.63. The Kier molecular flexibility index (Phi) is 0.306. The van der Waals surface area contributed by atoms with E-state index in [2.05, 4.69) is 5.32 Å². The van der Waals surface area contributed by atoms with Crippen molar-refractivity contribution in [2.75, 3.05) is 0 Å². The molecule has 7 atom stereocenters. The van der Waals surface area contributed by atoms with E-state index in [0.29, 0.717) is 0 Å². The van der Waals surface area contributed by atoms with Gasteiger partial charge in [0.25, 0.3) is 0 Å². The predicted octanol–water partition coefficient (Wildman–Crippen LogP) is 1.27. The molecule has 1 saturated heterocycles. The molecule has 5 bridgehead atoms. The Labute approximate surface area is 76.6 Å². The normalized spacial score (nSPS) is 89.8. The second-order valence-corrected chi connectivity index (χ2v) is 6.84. The first-order valence-corrected chi connectivity index (χ1v) is 5.87. The van der Waals surface area contributed by atoms with E-state index >= 15 is 0 Å². The maximum atomic E-state index is 3.91. The number of allylic oxidation sites excluding steroid dienone is 1. The molecule has 2 spiro atoms. The lowest BCUT2D eigenvalue weighted by atomic mass is 9.53. The first-order chi connectivity index (χ1) is 6.37. The molecule has 7 aliphatic carbocycles. The SMILES string of the molecule is C1C2=C3NC45CC6(C2)C2C(C34)C1C265. The summed E-state index contributed by atoms with van der Waals surface area (Å²) >= 11 is 0. The summed E-state index contributed by atoms with van der Waals surface area (Å²) < 4.78 is 0. The van der Waals surface area contributed by atoms with E-state index in [0.717, 1.165) is 22.3 Å². The molecule has 13 heavy (non-hydrogen) atoms. The van der Waals surface area contributed by atoms with Crippen LogP contribution in [0.4, 0.5) is 0 Å². The molecule has 1 N–H and O–H groups in total. The molecule has 1 heteroatoms. The zero-order valence-corrected chi connectivity index (χ0v) is 7.43. The molecule has 0 aromatic heterocycles. The van der Waals surface area contributed by atoms with Crippen LogP contribution in [0.15, 0.2) is 11.3 Å². The lowest BCUT2D eigenvalue weighted by Crippen LogP contribution is -2.70. The van der Waals surface area contributed by atoms with Crippen LogP contribution >= 0.6 is 0 Å². The van der Waals surface area contributed by atoms with Crippen LogP contribution in [0.25, 0.3) is 0 Å². The zero-order chi connectivity index (χ0) is 7.79. The molecule has 8 aliphatic rings. The van der Waals surface area contributed by atoms with E-state index in [1.807, 2.05) is 5.57 Å². The summed E-state index contributed by atoms with van der Waals surface area (Å²) in [7, 11) is 0. The summed E-state index contributed by atoms with van der Waals surface area (Å²) in [6.45, 7) is 0. The zero-order valence-electron chi connectivity index (χ0n) is 7.43. The Morgan fingerprint density at radius 2 is 2.38 bits per heavy atom. The lowest BCUT2D eigenvalue weighted by molar-refractivity contribution is -0.0290. The van der Waals surface area contributed by atoms with Gasteiger partial charge in [-0.25, -0.2) is 0 Å². The van der Waals surface area contributed by atoms with Crippen molar-refractivity contribution in [1.82, 2.24) is 5.32 Å². The Morgan fingerprint density at radius 3 is 3.38 bits per heavy atom. The van der Waals surface area contributed by atoms with Crippen molar-refractivity contribution in [3.63, 3.8) is 0 Å². The van der Waals surface area contributed by atoms with Crippen molar-refractivity contribution >= 4 is 0 Å². The van der Waals surface area contributed by atoms with Crippen LogP contribution in [0.3, 0.4) is 0 Å². The van der Waals surface area contributed by atoms with Crippen LogP contribution in [0, 0.1) is 34.5 Å². The van der Waals surface area contributed by atoms with Crippen LogP contribution in [-0.2, 0) is 0 Å². The van der Waals surface area contributed by atoms with Gasteiger partial charge in [0.2, 0.25) is 0 Å². The average molecular weight is 169 g/mol. The highest BCUT2D eigenvalue weighted by Gasteiger charge is 3.11. The molecule has 7 unspecified atom stereocenters. The summed E-state index contributed by atoms with van der Waals surface area (Å²) in [4.78, 5) is 0. The van der Waals surface area contributed by atoms with Crippen molar-refractivity contribution < 1.29 is 0 Å². The third kappa shape index (κ3) is 0.166. The highest BCUT2D eigenvalue weighted by molar-refractivity contribution is 5.69. The maximum absolute atomic E-state index is 3.91. The monoisotopic (exact) mass is 169 g/mol. The Bertz CT molecular complexity index is 491. The first-order valence-electron chi connectivity index (χ1n) is 5.87. The maximum Gasteiger partial charge on any atom is 0.0529 e. The molecule has 0 radical (unpaired) electrons. The third-order valence-electron chi connectivity index (χ3n) is 7.55. The van der Waals surface area contributed by atoms with Gasteiger partial charge in [0.15, 0.2) is 0 Å². The molecule has 1 nitrogen and oxygen atoms in total. The van der Waals surface area contributed by atoms with Crippen LogP contribution in [0.5, 0.6) is 0 Å². The third-order valence-corrected chi connectivity index (χ3v) is 7.55. The van der Waals surface area contributed by atoms with Gasteiger partial charge in [0.1, 0.15) is 0 Å². The van der Waals surface area contributed by atoms with Gasteiger partial charge in [-0.15, -0.1) is 0 Å². The molecular formula is C12H11N. The van der Waals surface area contributed by atoms with E-state index < -0.39 is 0 Å². The predicted molar refractivity (Wildman–Crippen MR) is 45.6 cm³/mol. The average Bonchev–Trinajstić information content (AvgIpc) is 2.62. The first kappa shape index (κ1) is 4.86. The van der Waals surface area contributed by atoms with E-state index in [4.69, 9.17) is 0 Å². The summed E-state index contributed by atoms with van der Waals surface area (Å²) in [5.41, 5.74) is 6.20. The fraction of sp³-hybridized carbons (Fsp3) is 0.833. The van der Waals surface area contributed by atoms with E-state index in [9.17, 15) is 0 Å². The van der Waals surface area contributed by atoms with Crippen molar-refractivity contribution in [2.45, 2.75) is 24.8 Å². The highest BCUT2D eigenvalue weighted by atomic mass is 15.3. The molecule has 7 fully saturated rings. The van der Waals surface area contributed by atoms with Crippen molar-refractivity contribution in [3.8, 4) is 0 Å². The second-order valence-electron chi connectivity index (χ2n) is 6.84. The molecule has 0 aromatic rings. The summed E-state index contributed by atoms with van der Waals surface area (Å²) in [5, 5.41) is 3.91. The van der Waals surface area contributed by atoms with Crippen LogP contribution in [-0.4, -0.2) is 5.54 Å². The molecule has 8 rings (SSSR count). The number of nitrogens with one attached hydrogen (secondary N) is 1. The minimum Gasteiger partial charge on any atom is -0.381 e. The number of rotatable bonds is 0. The minimum atomic E-state index is 0.723. The van der Waals surface area contributed by atoms with Crippen LogP contribution in [0.2, 0.25) is 0 Å². The van der Waals surface area contributed by atoms with Gasteiger partial charge in [0.05, 0.1) is 5.54 Å². The largest absolute Gasteiger partial charge is 0.381 e. The van der Waals surface area contributed by atoms with Crippen molar-refractivity contribution in [1.29, 1.82) is 0 Å². The fourth-order valence-electron chi connectivity index (χ4n) is 8.06. The van der Waals surface area contributed by atoms with Crippen molar-refractivity contribution in [2.24, 2.45) is 34.5 Å². The van der Waals surface area contributed by atoms with Crippen LogP contribution < -0.4 is 5.32 Å². The second kappa shape index (κ2) is 0.820. The number of hydrogen-bond donors (Lipinski definition) is 1. The molecule has 1 heterocycles. The topological polar surface area (TPSA) is 12.0 Å². The van der Waals surface area contributed by atoms with Gasteiger partial charge in [-0.1, -0.05) is 0 Å². The summed E-state index contributed by atoms with van der Waals surface area (Å²) in [6, 6.07) is 0. The van der Waals surface area contributed by atoms with Gasteiger partial charge >= 0.3 is 0 Å². The molecule has 64 valence electrons. The van der Waals surface area contributed by atoms with Gasteiger partial charge in [-0.2, -0.15) is 0 Å². The molecule has 6 saturated carbocycles. The molecule has 1 aliphatic heterocycles. The van der Waals surface area contributed by atoms with E-state index in [1.165, 1.54) is 30.6 Å². The Morgan fingerprint density at radius 1 is 1.38 bits per heavy atom. The Balaban J connectivity index is 1.88. The smallest absolute Gasteiger partial charge is 0.0529 e. The van der Waals surface area contributed by atoms with Gasteiger partial charge in [0, 0.05) is 17.0 Å². The highest BCUT2D eigenvalue weighted by Crippen LogP contribution is 3.11. The van der Waals surface area contributed by atoms with Gasteiger partial charge < -0.3 is 5.32 Å². The van der Waals surface area contributed by atoms with Crippen molar-refractivity contribution in [3.05, 3.63) is 11.3 Å². The quantitative estimate of drug-likeness (QED) is 0.576. The van der Waals surface area contributed by atoms with E-state index in [-0.39, 0.29) is 0 Å². The minimum absolute atomic E-state index is 0.723. The molecule has 0 amide bonds. The molecular weight excluding hydrogens is 158 g/mol. The van der Waals surface area contributed by atoms with E-state index in [1.54, 1.807) is 12.1 Å². The lowest BCUT2D eigenvalue weighted by Gasteiger charge is -2.60. The van der Waals surface area contributed by atoms with Gasteiger partial charge in [-0.3, -0.25) is 0 Å². The molecule has 0 aromatic carbocycles. The summed E-state index contributed by atoms with van der Waals surface area (Å²) in [5.74, 6) is 4.67. The standard InChI is InChI=1S/C12H11N/c1-4-2-10-3-11-7(8(4)13-11)6-5(1)12(10,11)9(6)10/h5-7,9,13H,1-3H2. The van der Waals surface area contributed by atoms with Crippen LogP contribution in [0.1, 0.15) is 19.3 Å². The fourth-order valence-corrected chi connectivity index (χ4v) is 8.06.